The number of ether oxygens (including phenoxy) is 4. The molecule has 3 aromatic rings. The number of benzene rings is 3. The fourth-order valence-electron chi connectivity index (χ4n) is 4.12. The van der Waals surface area contributed by atoms with Crippen molar-refractivity contribution in [3.63, 3.8) is 0 Å². The molecule has 7 heteroatoms. The average Bonchev–Trinajstić information content (AvgIpc) is 2.89. The number of carbonyl (C=O) groups is 1. The van der Waals surface area contributed by atoms with E-state index in [9.17, 15) is 10.1 Å². The lowest BCUT2D eigenvalue weighted by Crippen LogP contribution is -2.21. The van der Waals surface area contributed by atoms with Crippen molar-refractivity contribution in [2.75, 3.05) is 13.2 Å². The molecule has 7 nitrogen and oxygen atoms in total. The predicted molar refractivity (Wildman–Crippen MR) is 140 cm³/mol. The fraction of sp³-hybridized carbons (Fsp3) is 0.267. The van der Waals surface area contributed by atoms with Crippen LogP contribution in [0, 0.1) is 18.3 Å². The summed E-state index contributed by atoms with van der Waals surface area (Å²) in [5.74, 6) is 1.02. The Balaban J connectivity index is 1.67. The van der Waals surface area contributed by atoms with Crippen LogP contribution >= 0.6 is 0 Å². The molecule has 4 rings (SSSR count). The number of nitrogens with zero attached hydrogens (tertiary/aromatic N) is 1. The van der Waals surface area contributed by atoms with E-state index in [1.165, 1.54) is 0 Å². The van der Waals surface area contributed by atoms with Gasteiger partial charge in [0.25, 0.3) is 0 Å². The Kier molecular flexibility index (Phi) is 7.99. The third-order valence-electron chi connectivity index (χ3n) is 6.04. The summed E-state index contributed by atoms with van der Waals surface area (Å²) >= 11 is 0. The monoisotopic (exact) mass is 498 g/mol. The van der Waals surface area contributed by atoms with Crippen molar-refractivity contribution in [2.45, 2.75) is 39.5 Å². The summed E-state index contributed by atoms with van der Waals surface area (Å²) in [6.45, 7) is 7.02. The third-order valence-corrected chi connectivity index (χ3v) is 6.04. The van der Waals surface area contributed by atoms with E-state index in [0.717, 1.165) is 29.5 Å². The molecule has 0 amide bonds. The number of esters is 1. The van der Waals surface area contributed by atoms with Crippen LogP contribution in [-0.2, 0) is 0 Å². The van der Waals surface area contributed by atoms with Gasteiger partial charge in [-0.15, -0.1) is 0 Å². The van der Waals surface area contributed by atoms with E-state index < -0.39 is 11.9 Å². The highest BCUT2D eigenvalue weighted by atomic mass is 16.5. The Morgan fingerprint density at radius 3 is 2.51 bits per heavy atom. The number of nitrogens with two attached hydrogens (primary N) is 1. The van der Waals surface area contributed by atoms with E-state index in [-0.39, 0.29) is 5.88 Å². The van der Waals surface area contributed by atoms with Gasteiger partial charge in [0.1, 0.15) is 23.1 Å². The molecule has 0 saturated heterocycles. The summed E-state index contributed by atoms with van der Waals surface area (Å²) in [4.78, 5) is 12.6. The number of carbonyl (C=O) groups excluding carboxylic acids is 1. The highest BCUT2D eigenvalue weighted by Crippen LogP contribution is 2.45. The van der Waals surface area contributed by atoms with Gasteiger partial charge in [-0.3, -0.25) is 0 Å². The van der Waals surface area contributed by atoms with Crippen LogP contribution in [0.2, 0.25) is 0 Å². The molecule has 0 saturated carbocycles. The van der Waals surface area contributed by atoms with Crippen molar-refractivity contribution >= 4 is 5.97 Å². The molecule has 3 aromatic carbocycles. The van der Waals surface area contributed by atoms with Gasteiger partial charge in [-0.05, 0) is 56.2 Å². The summed E-state index contributed by atoms with van der Waals surface area (Å²) < 4.78 is 23.1. The molecule has 1 aliphatic rings. The Hall–Kier alpha value is -4.44. The number of aryl methyl sites for hydroxylation is 1. The van der Waals surface area contributed by atoms with Crippen molar-refractivity contribution in [1.29, 1.82) is 5.26 Å². The molecule has 190 valence electrons. The molecular weight excluding hydrogens is 468 g/mol. The second-order valence-corrected chi connectivity index (χ2v) is 8.72. The van der Waals surface area contributed by atoms with Crippen LogP contribution in [0.5, 0.6) is 23.0 Å². The number of rotatable bonds is 9. The van der Waals surface area contributed by atoms with E-state index in [2.05, 4.69) is 13.0 Å². The van der Waals surface area contributed by atoms with Gasteiger partial charge < -0.3 is 24.7 Å². The molecule has 0 radical (unpaired) electrons. The van der Waals surface area contributed by atoms with Crippen molar-refractivity contribution in [3.8, 4) is 29.1 Å². The minimum Gasteiger partial charge on any atom is -0.490 e. The molecule has 1 unspecified atom stereocenters. The highest BCUT2D eigenvalue weighted by molar-refractivity contribution is 5.91. The first-order chi connectivity index (χ1) is 17.9. The topological polar surface area (TPSA) is 104 Å². The highest BCUT2D eigenvalue weighted by Gasteiger charge is 2.32. The van der Waals surface area contributed by atoms with E-state index in [1.807, 2.05) is 44.2 Å². The number of allylic oxidation sites excluding steroid dienone is 1. The smallest absolute Gasteiger partial charge is 0.343 e. The average molecular weight is 499 g/mol. The first-order valence-corrected chi connectivity index (χ1v) is 12.3. The molecule has 1 atom stereocenters. The third kappa shape index (κ3) is 5.70. The quantitative estimate of drug-likeness (QED) is 0.219. The second kappa shape index (κ2) is 11.5. The predicted octanol–water partition coefficient (Wildman–Crippen LogP) is 6.01. The largest absolute Gasteiger partial charge is 0.490 e. The Labute approximate surface area is 217 Å². The maximum absolute atomic E-state index is 12.6. The van der Waals surface area contributed by atoms with Gasteiger partial charge >= 0.3 is 5.97 Å². The number of unbranched alkanes of at least 4 members (excludes halogenated alkanes) is 1. The maximum atomic E-state index is 12.6. The molecule has 0 fully saturated rings. The van der Waals surface area contributed by atoms with Gasteiger partial charge in [-0.1, -0.05) is 43.2 Å². The van der Waals surface area contributed by atoms with Crippen molar-refractivity contribution in [2.24, 2.45) is 5.73 Å². The first-order valence-electron chi connectivity index (χ1n) is 12.3. The van der Waals surface area contributed by atoms with Crippen molar-refractivity contribution in [1.82, 2.24) is 0 Å². The molecule has 1 aliphatic heterocycles. The van der Waals surface area contributed by atoms with E-state index >= 15 is 0 Å². The second-order valence-electron chi connectivity index (χ2n) is 8.72. The molecule has 0 spiro atoms. The van der Waals surface area contributed by atoms with Gasteiger partial charge in [0.2, 0.25) is 5.88 Å². The summed E-state index contributed by atoms with van der Waals surface area (Å²) in [6, 6.07) is 20.0. The normalized spacial score (nSPS) is 14.3. The van der Waals surface area contributed by atoms with Gasteiger partial charge in [-0.25, -0.2) is 4.79 Å². The molecule has 37 heavy (non-hydrogen) atoms. The number of nitriles is 1. The van der Waals surface area contributed by atoms with E-state index in [4.69, 9.17) is 24.7 Å². The summed E-state index contributed by atoms with van der Waals surface area (Å²) in [5, 5.41) is 9.92. The minimum atomic E-state index is -0.487. The van der Waals surface area contributed by atoms with Crippen molar-refractivity contribution in [3.05, 3.63) is 94.4 Å². The summed E-state index contributed by atoms with van der Waals surface area (Å²) in [6.07, 6.45) is 1.97. The van der Waals surface area contributed by atoms with Gasteiger partial charge in [0.15, 0.2) is 11.5 Å². The van der Waals surface area contributed by atoms with Crippen LogP contribution in [0.3, 0.4) is 0 Å². The summed E-state index contributed by atoms with van der Waals surface area (Å²) in [7, 11) is 0. The lowest BCUT2D eigenvalue weighted by atomic mass is 9.83. The number of hydrogen-bond donors (Lipinski definition) is 1. The number of hydrogen-bond acceptors (Lipinski definition) is 7. The van der Waals surface area contributed by atoms with Crippen LogP contribution < -0.4 is 24.7 Å². The van der Waals surface area contributed by atoms with E-state index in [1.54, 1.807) is 30.3 Å². The Morgan fingerprint density at radius 1 is 1.03 bits per heavy atom. The molecule has 1 heterocycles. The lowest BCUT2D eigenvalue weighted by molar-refractivity contribution is 0.0734. The van der Waals surface area contributed by atoms with Gasteiger partial charge in [-0.2, -0.15) is 5.26 Å². The van der Waals surface area contributed by atoms with Crippen molar-refractivity contribution < 1.29 is 23.7 Å². The summed E-state index contributed by atoms with van der Waals surface area (Å²) in [5.41, 5.74) is 9.48. The van der Waals surface area contributed by atoms with Crippen LogP contribution in [0.15, 0.2) is 72.1 Å². The molecule has 0 aromatic heterocycles. The van der Waals surface area contributed by atoms with Crippen LogP contribution in [-0.4, -0.2) is 19.2 Å². The first kappa shape index (κ1) is 25.6. The zero-order valence-electron chi connectivity index (χ0n) is 21.2. The molecule has 0 aliphatic carbocycles. The zero-order valence-corrected chi connectivity index (χ0v) is 21.2. The Bertz CT molecular complexity index is 1360. The van der Waals surface area contributed by atoms with Gasteiger partial charge in [0, 0.05) is 11.6 Å². The van der Waals surface area contributed by atoms with Crippen LogP contribution in [0.4, 0.5) is 0 Å². The van der Waals surface area contributed by atoms with Crippen LogP contribution in [0.1, 0.15) is 59.7 Å². The standard InChI is InChI=1S/C30H30N2O5/c1-4-6-15-35-25-14-11-21(16-27(25)34-5-2)28-23-13-12-22(17-26(23)37-29(32)24(28)18-31)36-30(33)20-9-7-19(3)8-10-20/h7-14,16-17,28H,4-6,15,32H2,1-3H3. The SMILES string of the molecule is CCCCOc1ccc(C2C(C#N)=C(N)Oc3cc(OC(=O)c4ccc(C)cc4)ccc32)cc1OCC. The Morgan fingerprint density at radius 2 is 1.81 bits per heavy atom. The fourth-order valence-corrected chi connectivity index (χ4v) is 4.12. The minimum absolute atomic E-state index is 0.00300. The molecule has 2 N–H and O–H groups in total. The molecular formula is C30H30N2O5. The number of fused-ring (bicyclic) bond motifs is 1. The zero-order chi connectivity index (χ0) is 26.4. The molecule has 0 bridgehead atoms. The van der Waals surface area contributed by atoms with Gasteiger partial charge in [0.05, 0.1) is 24.7 Å². The lowest BCUT2D eigenvalue weighted by Gasteiger charge is -2.27. The maximum Gasteiger partial charge on any atom is 0.343 e. The van der Waals surface area contributed by atoms with Crippen LogP contribution in [0.25, 0.3) is 0 Å². The van der Waals surface area contributed by atoms with E-state index in [0.29, 0.717) is 47.3 Å².